The Kier molecular flexibility index (Phi) is 4.25. The third-order valence-corrected chi connectivity index (χ3v) is 4.84. The Bertz CT molecular complexity index is 618. The summed E-state index contributed by atoms with van der Waals surface area (Å²) in [6.07, 6.45) is 8.69. The highest BCUT2D eigenvalue weighted by molar-refractivity contribution is 6.20. The van der Waals surface area contributed by atoms with Gasteiger partial charge in [-0.15, -0.1) is 11.6 Å². The van der Waals surface area contributed by atoms with Crippen LogP contribution in [0.3, 0.4) is 0 Å². The fourth-order valence-corrected chi connectivity index (χ4v) is 3.77. The van der Waals surface area contributed by atoms with Gasteiger partial charge in [-0.25, -0.2) is 4.98 Å². The van der Waals surface area contributed by atoms with Crippen molar-refractivity contribution in [1.29, 1.82) is 0 Å². The highest BCUT2D eigenvalue weighted by atomic mass is 35.5. The Balaban J connectivity index is 2.17. The first-order valence-electron chi connectivity index (χ1n) is 8.21. The molecule has 1 aliphatic rings. The second-order valence-corrected chi connectivity index (χ2v) is 6.85. The molecule has 0 aromatic carbocycles. The van der Waals surface area contributed by atoms with E-state index < -0.39 is 0 Å². The maximum absolute atomic E-state index is 6.43. The summed E-state index contributed by atoms with van der Waals surface area (Å²) in [7, 11) is 2.03. The largest absolute Gasteiger partial charge is 0.309 e. The predicted octanol–water partition coefficient (Wildman–Crippen LogP) is 4.53. The number of halogens is 1. The summed E-state index contributed by atoms with van der Waals surface area (Å²) in [6.45, 7) is 4.16. The molecule has 1 aliphatic carbocycles. The second kappa shape index (κ2) is 5.99. The SMILES string of the molecule is CCc1nn(C)c2c1nc(C(C)Cl)n2C1CCCCCC1. The van der Waals surface area contributed by atoms with Crippen molar-refractivity contribution in [3.63, 3.8) is 0 Å². The zero-order valence-electron chi connectivity index (χ0n) is 13.3. The third kappa shape index (κ3) is 2.59. The number of fused-ring (bicyclic) bond motifs is 1. The molecule has 2 heterocycles. The first-order valence-corrected chi connectivity index (χ1v) is 8.64. The number of aryl methyl sites for hydroxylation is 2. The van der Waals surface area contributed by atoms with E-state index in [-0.39, 0.29) is 5.38 Å². The molecule has 2 aromatic heterocycles. The molecule has 0 aliphatic heterocycles. The van der Waals surface area contributed by atoms with Gasteiger partial charge < -0.3 is 4.57 Å². The van der Waals surface area contributed by atoms with Crippen molar-refractivity contribution in [2.24, 2.45) is 7.05 Å². The van der Waals surface area contributed by atoms with Crippen molar-refractivity contribution in [1.82, 2.24) is 19.3 Å². The highest BCUT2D eigenvalue weighted by Crippen LogP contribution is 2.35. The molecule has 3 rings (SSSR count). The number of nitrogens with zero attached hydrogens (tertiary/aromatic N) is 4. The van der Waals surface area contributed by atoms with Gasteiger partial charge in [0.2, 0.25) is 0 Å². The fourth-order valence-electron chi connectivity index (χ4n) is 3.61. The Labute approximate surface area is 131 Å². The van der Waals surface area contributed by atoms with E-state index in [1.165, 1.54) is 38.5 Å². The fraction of sp³-hybridized carbons (Fsp3) is 0.750. The maximum Gasteiger partial charge on any atom is 0.158 e. The van der Waals surface area contributed by atoms with Gasteiger partial charge in [0, 0.05) is 13.1 Å². The van der Waals surface area contributed by atoms with Crippen molar-refractivity contribution >= 4 is 22.8 Å². The van der Waals surface area contributed by atoms with Crippen LogP contribution in [0.5, 0.6) is 0 Å². The van der Waals surface area contributed by atoms with Gasteiger partial charge in [-0.05, 0) is 26.2 Å². The quantitative estimate of drug-likeness (QED) is 0.617. The minimum Gasteiger partial charge on any atom is -0.309 e. The van der Waals surface area contributed by atoms with E-state index in [0.29, 0.717) is 6.04 Å². The van der Waals surface area contributed by atoms with Crippen LogP contribution in [0.15, 0.2) is 0 Å². The lowest BCUT2D eigenvalue weighted by molar-refractivity contribution is 0.433. The van der Waals surface area contributed by atoms with Gasteiger partial charge in [0.25, 0.3) is 0 Å². The molecule has 116 valence electrons. The van der Waals surface area contributed by atoms with Gasteiger partial charge in [-0.1, -0.05) is 32.6 Å². The Morgan fingerprint density at radius 2 is 1.90 bits per heavy atom. The molecule has 0 saturated heterocycles. The van der Waals surface area contributed by atoms with E-state index in [9.17, 15) is 0 Å². The van der Waals surface area contributed by atoms with Gasteiger partial charge in [0.05, 0.1) is 11.1 Å². The molecule has 1 saturated carbocycles. The van der Waals surface area contributed by atoms with Crippen molar-refractivity contribution in [3.05, 3.63) is 11.5 Å². The highest BCUT2D eigenvalue weighted by Gasteiger charge is 2.26. The number of rotatable bonds is 3. The van der Waals surface area contributed by atoms with E-state index >= 15 is 0 Å². The molecular weight excluding hydrogens is 284 g/mol. The van der Waals surface area contributed by atoms with E-state index in [2.05, 4.69) is 16.6 Å². The Morgan fingerprint density at radius 1 is 1.24 bits per heavy atom. The predicted molar refractivity (Wildman–Crippen MR) is 86.9 cm³/mol. The minimum atomic E-state index is -0.0645. The van der Waals surface area contributed by atoms with Gasteiger partial charge in [0.1, 0.15) is 11.3 Å². The molecule has 2 aromatic rings. The van der Waals surface area contributed by atoms with E-state index in [4.69, 9.17) is 16.6 Å². The topological polar surface area (TPSA) is 35.6 Å². The first kappa shape index (κ1) is 14.9. The Hall–Kier alpha value is -1.03. The second-order valence-electron chi connectivity index (χ2n) is 6.20. The summed E-state index contributed by atoms with van der Waals surface area (Å²) in [5, 5.41) is 4.57. The van der Waals surface area contributed by atoms with Crippen LogP contribution in [-0.4, -0.2) is 19.3 Å². The van der Waals surface area contributed by atoms with Crippen LogP contribution in [0, 0.1) is 0 Å². The smallest absolute Gasteiger partial charge is 0.158 e. The lowest BCUT2D eigenvalue weighted by Gasteiger charge is -2.21. The molecule has 21 heavy (non-hydrogen) atoms. The van der Waals surface area contributed by atoms with Gasteiger partial charge >= 0.3 is 0 Å². The van der Waals surface area contributed by atoms with Crippen molar-refractivity contribution in [3.8, 4) is 0 Å². The van der Waals surface area contributed by atoms with E-state index in [0.717, 1.165) is 29.1 Å². The van der Waals surface area contributed by atoms with Gasteiger partial charge in [-0.3, -0.25) is 4.68 Å². The first-order chi connectivity index (χ1) is 10.1. The molecule has 0 spiro atoms. The summed E-state index contributed by atoms with van der Waals surface area (Å²) in [5.74, 6) is 1.02. The Morgan fingerprint density at radius 3 is 2.48 bits per heavy atom. The van der Waals surface area contributed by atoms with Crippen LogP contribution in [0.25, 0.3) is 11.2 Å². The molecule has 4 nitrogen and oxygen atoms in total. The van der Waals surface area contributed by atoms with Crippen LogP contribution in [-0.2, 0) is 13.5 Å². The van der Waals surface area contributed by atoms with E-state index in [1.807, 2.05) is 18.7 Å². The van der Waals surface area contributed by atoms with Crippen LogP contribution >= 0.6 is 11.6 Å². The van der Waals surface area contributed by atoms with Gasteiger partial charge in [0.15, 0.2) is 5.65 Å². The molecule has 0 bridgehead atoms. The molecular formula is C16H25ClN4. The number of alkyl halides is 1. The zero-order valence-corrected chi connectivity index (χ0v) is 14.0. The third-order valence-electron chi connectivity index (χ3n) is 4.64. The molecule has 1 fully saturated rings. The van der Waals surface area contributed by atoms with Crippen molar-refractivity contribution in [2.45, 2.75) is 70.2 Å². The van der Waals surface area contributed by atoms with Crippen molar-refractivity contribution in [2.75, 3.05) is 0 Å². The number of hydrogen-bond acceptors (Lipinski definition) is 2. The van der Waals surface area contributed by atoms with Crippen LogP contribution < -0.4 is 0 Å². The molecule has 5 heteroatoms. The van der Waals surface area contributed by atoms with E-state index in [1.54, 1.807) is 0 Å². The normalized spacial score (nSPS) is 19.0. The number of hydrogen-bond donors (Lipinski definition) is 0. The summed E-state index contributed by atoms with van der Waals surface area (Å²) in [6, 6.07) is 0.522. The lowest BCUT2D eigenvalue weighted by atomic mass is 10.1. The lowest BCUT2D eigenvalue weighted by Crippen LogP contribution is -2.14. The summed E-state index contributed by atoms with van der Waals surface area (Å²) >= 11 is 6.43. The number of imidazole rings is 1. The van der Waals surface area contributed by atoms with Crippen LogP contribution in [0.1, 0.15) is 75.3 Å². The molecule has 1 unspecified atom stereocenters. The average Bonchev–Trinajstić information content (AvgIpc) is 2.86. The minimum absolute atomic E-state index is 0.0645. The average molecular weight is 309 g/mol. The molecule has 0 amide bonds. The summed E-state index contributed by atoms with van der Waals surface area (Å²) in [4.78, 5) is 4.86. The summed E-state index contributed by atoms with van der Waals surface area (Å²) in [5.41, 5.74) is 3.28. The molecule has 0 N–H and O–H groups in total. The maximum atomic E-state index is 6.43. The van der Waals surface area contributed by atoms with Crippen molar-refractivity contribution < 1.29 is 0 Å². The molecule has 1 atom stereocenters. The van der Waals surface area contributed by atoms with Crippen LogP contribution in [0.4, 0.5) is 0 Å². The summed E-state index contributed by atoms with van der Waals surface area (Å²) < 4.78 is 4.39. The number of aromatic nitrogens is 4. The van der Waals surface area contributed by atoms with Gasteiger partial charge in [-0.2, -0.15) is 5.10 Å². The standard InChI is InChI=1S/C16H25ClN4/c1-4-13-14-16(20(3)19-13)21(15(18-14)11(2)17)12-9-7-5-6-8-10-12/h11-12H,4-10H2,1-3H3. The molecule has 0 radical (unpaired) electrons. The zero-order chi connectivity index (χ0) is 15.0. The monoisotopic (exact) mass is 308 g/mol. The van der Waals surface area contributed by atoms with Crippen LogP contribution in [0.2, 0.25) is 0 Å².